The third-order valence-electron chi connectivity index (χ3n) is 4.95. The number of pyridine rings is 1. The first-order valence-electron chi connectivity index (χ1n) is 9.66. The van der Waals surface area contributed by atoms with Gasteiger partial charge in [0.2, 0.25) is 0 Å². The number of nitrogens with two attached hydrogens (primary N) is 2. The van der Waals surface area contributed by atoms with Crippen LogP contribution in [-0.4, -0.2) is 9.55 Å². The van der Waals surface area contributed by atoms with Crippen LogP contribution in [0.3, 0.4) is 0 Å². The topological polar surface area (TPSA) is 86.9 Å². The average Bonchev–Trinajstić information content (AvgIpc) is 3.16. The van der Waals surface area contributed by atoms with Crippen molar-refractivity contribution in [1.82, 2.24) is 9.55 Å². The summed E-state index contributed by atoms with van der Waals surface area (Å²) >= 11 is 1.49. The zero-order valence-electron chi connectivity index (χ0n) is 17.4. The lowest BCUT2D eigenvalue weighted by molar-refractivity contribution is 0.499. The molecule has 0 aliphatic heterocycles. The standard InChI is InChI=1S/C23H24N4OS.2ClH/c1-14(2)12-27-19(11-24)21(15-6-4-3-5-7-15)18-10-16(8-9-17(18)23(27)28)22-26-20(25)13-29-22;;/h3-10,13-14H,11-12,24-25H2,1-2H3;2*1H. The fraction of sp³-hybridized carbons (Fsp3) is 0.217. The quantitative estimate of drug-likeness (QED) is 0.407. The Balaban J connectivity index is 0.00000171. The first kappa shape index (κ1) is 24.9. The number of rotatable bonds is 5. The van der Waals surface area contributed by atoms with Crippen LogP contribution >= 0.6 is 36.2 Å². The predicted molar refractivity (Wildman–Crippen MR) is 136 cm³/mol. The van der Waals surface area contributed by atoms with Gasteiger partial charge in [-0.2, -0.15) is 0 Å². The third kappa shape index (κ3) is 4.77. The number of benzene rings is 2. The molecule has 8 heteroatoms. The second kappa shape index (κ2) is 10.3. The van der Waals surface area contributed by atoms with E-state index < -0.39 is 0 Å². The summed E-state index contributed by atoms with van der Waals surface area (Å²) in [5.74, 6) is 0.833. The van der Waals surface area contributed by atoms with Gasteiger partial charge in [0.1, 0.15) is 10.8 Å². The molecule has 4 N–H and O–H groups in total. The SMILES string of the molecule is CC(C)Cn1c(CN)c(-c2ccccc2)c2cc(-c3nc(N)cs3)ccc2c1=O.Cl.Cl. The molecule has 0 saturated carbocycles. The minimum Gasteiger partial charge on any atom is -0.383 e. The van der Waals surface area contributed by atoms with Crippen LogP contribution in [0.15, 0.2) is 58.7 Å². The second-order valence-electron chi connectivity index (χ2n) is 7.54. The molecule has 0 atom stereocenters. The highest BCUT2D eigenvalue weighted by Crippen LogP contribution is 2.34. The van der Waals surface area contributed by atoms with Crippen LogP contribution in [0.25, 0.3) is 32.5 Å². The van der Waals surface area contributed by atoms with E-state index in [2.05, 4.69) is 31.0 Å². The Morgan fingerprint density at radius 3 is 2.32 bits per heavy atom. The molecule has 2 aromatic carbocycles. The third-order valence-corrected chi connectivity index (χ3v) is 5.86. The molecule has 2 aromatic heterocycles. The molecule has 0 amide bonds. The summed E-state index contributed by atoms with van der Waals surface area (Å²) in [6.07, 6.45) is 0. The number of fused-ring (bicyclic) bond motifs is 1. The van der Waals surface area contributed by atoms with Crippen molar-refractivity contribution in [3.05, 3.63) is 70.0 Å². The maximum Gasteiger partial charge on any atom is 0.258 e. The Bertz CT molecular complexity index is 1240. The van der Waals surface area contributed by atoms with Gasteiger partial charge in [-0.25, -0.2) is 4.98 Å². The van der Waals surface area contributed by atoms with Crippen LogP contribution in [0, 0.1) is 5.92 Å². The molecule has 2 heterocycles. The summed E-state index contributed by atoms with van der Waals surface area (Å²) in [4.78, 5) is 17.8. The van der Waals surface area contributed by atoms with Crippen molar-refractivity contribution in [2.24, 2.45) is 11.7 Å². The lowest BCUT2D eigenvalue weighted by Crippen LogP contribution is -2.28. The largest absolute Gasteiger partial charge is 0.383 e. The van der Waals surface area contributed by atoms with Crippen LogP contribution < -0.4 is 17.0 Å². The molecule has 0 aliphatic carbocycles. The van der Waals surface area contributed by atoms with Gasteiger partial charge in [0.05, 0.1) is 0 Å². The molecular formula is C23H26Cl2N4OS. The van der Waals surface area contributed by atoms with Crippen molar-refractivity contribution in [2.75, 3.05) is 5.73 Å². The van der Waals surface area contributed by atoms with Gasteiger partial charge >= 0.3 is 0 Å². The normalized spacial score (nSPS) is 10.7. The fourth-order valence-corrected chi connectivity index (χ4v) is 4.45. The van der Waals surface area contributed by atoms with E-state index in [1.165, 1.54) is 11.3 Å². The van der Waals surface area contributed by atoms with Crippen LogP contribution in [0.1, 0.15) is 19.5 Å². The molecule has 0 fully saturated rings. The highest BCUT2D eigenvalue weighted by molar-refractivity contribution is 7.13. The van der Waals surface area contributed by atoms with Gasteiger partial charge in [-0.05, 0) is 29.0 Å². The molecule has 0 bridgehead atoms. The molecule has 0 unspecified atom stereocenters. The maximum absolute atomic E-state index is 13.4. The number of nitrogen functional groups attached to an aromatic ring is 1. The monoisotopic (exact) mass is 476 g/mol. The van der Waals surface area contributed by atoms with E-state index >= 15 is 0 Å². The average molecular weight is 477 g/mol. The lowest BCUT2D eigenvalue weighted by atomic mass is 9.95. The van der Waals surface area contributed by atoms with E-state index in [4.69, 9.17) is 11.5 Å². The lowest BCUT2D eigenvalue weighted by Gasteiger charge is -2.21. The number of anilines is 1. The molecule has 0 aliphatic rings. The zero-order valence-corrected chi connectivity index (χ0v) is 19.8. The summed E-state index contributed by atoms with van der Waals surface area (Å²) in [5.41, 5.74) is 15.9. The smallest absolute Gasteiger partial charge is 0.258 e. The van der Waals surface area contributed by atoms with E-state index in [1.54, 1.807) is 0 Å². The maximum atomic E-state index is 13.4. The number of aromatic nitrogens is 2. The molecule has 0 saturated heterocycles. The Kier molecular flexibility index (Phi) is 8.26. The molecule has 4 aromatic rings. The highest BCUT2D eigenvalue weighted by atomic mass is 35.5. The number of hydrogen-bond acceptors (Lipinski definition) is 5. The first-order valence-corrected chi connectivity index (χ1v) is 10.5. The van der Waals surface area contributed by atoms with Crippen molar-refractivity contribution in [1.29, 1.82) is 0 Å². The van der Waals surface area contributed by atoms with Crippen LogP contribution in [-0.2, 0) is 13.1 Å². The minimum atomic E-state index is -0.000895. The Hall–Kier alpha value is -2.38. The molecular weight excluding hydrogens is 451 g/mol. The Morgan fingerprint density at radius 2 is 1.74 bits per heavy atom. The van der Waals surface area contributed by atoms with Crippen LogP contribution in [0.5, 0.6) is 0 Å². The van der Waals surface area contributed by atoms with E-state index in [-0.39, 0.29) is 36.9 Å². The summed E-state index contributed by atoms with van der Waals surface area (Å²) in [6.45, 7) is 5.13. The number of hydrogen-bond donors (Lipinski definition) is 2. The van der Waals surface area contributed by atoms with E-state index in [9.17, 15) is 4.79 Å². The van der Waals surface area contributed by atoms with Crippen LogP contribution in [0.4, 0.5) is 5.82 Å². The zero-order chi connectivity index (χ0) is 20.5. The summed E-state index contributed by atoms with van der Waals surface area (Å²) in [6, 6.07) is 16.0. The van der Waals surface area contributed by atoms with Crippen molar-refractivity contribution in [3.63, 3.8) is 0 Å². The van der Waals surface area contributed by atoms with Gasteiger partial charge in [0, 0.05) is 40.7 Å². The van der Waals surface area contributed by atoms with Crippen molar-refractivity contribution in [2.45, 2.75) is 26.9 Å². The van der Waals surface area contributed by atoms with Gasteiger partial charge in [-0.3, -0.25) is 4.79 Å². The van der Waals surface area contributed by atoms with Gasteiger partial charge in [0.15, 0.2) is 0 Å². The van der Waals surface area contributed by atoms with Crippen molar-refractivity contribution >= 4 is 52.7 Å². The minimum absolute atomic E-state index is 0. The predicted octanol–water partition coefficient (Wildman–Crippen LogP) is 5.33. The van der Waals surface area contributed by atoms with Crippen LogP contribution in [0.2, 0.25) is 0 Å². The highest BCUT2D eigenvalue weighted by Gasteiger charge is 2.19. The van der Waals surface area contributed by atoms with Crippen molar-refractivity contribution in [3.8, 4) is 21.7 Å². The van der Waals surface area contributed by atoms with E-state index in [0.29, 0.717) is 23.7 Å². The summed E-state index contributed by atoms with van der Waals surface area (Å²) < 4.78 is 1.84. The van der Waals surface area contributed by atoms with Gasteiger partial charge in [-0.1, -0.05) is 50.2 Å². The molecule has 4 rings (SSSR count). The van der Waals surface area contributed by atoms with Gasteiger partial charge < -0.3 is 16.0 Å². The molecule has 0 radical (unpaired) electrons. The second-order valence-corrected chi connectivity index (χ2v) is 8.40. The van der Waals surface area contributed by atoms with Crippen molar-refractivity contribution < 1.29 is 0 Å². The molecule has 5 nitrogen and oxygen atoms in total. The van der Waals surface area contributed by atoms with Gasteiger partial charge in [-0.15, -0.1) is 36.2 Å². The number of nitrogens with zero attached hydrogens (tertiary/aromatic N) is 2. The number of thiazole rings is 1. The molecule has 164 valence electrons. The number of halogens is 2. The summed E-state index contributed by atoms with van der Waals surface area (Å²) in [7, 11) is 0. The Morgan fingerprint density at radius 1 is 1.03 bits per heavy atom. The Labute approximate surface area is 197 Å². The van der Waals surface area contributed by atoms with E-state index in [1.807, 2.05) is 46.3 Å². The molecule has 31 heavy (non-hydrogen) atoms. The summed E-state index contributed by atoms with van der Waals surface area (Å²) in [5, 5.41) is 4.25. The van der Waals surface area contributed by atoms with E-state index in [0.717, 1.165) is 32.8 Å². The first-order chi connectivity index (χ1) is 14.0. The van der Waals surface area contributed by atoms with Gasteiger partial charge in [0.25, 0.3) is 5.56 Å². The molecule has 0 spiro atoms. The fourth-order valence-electron chi connectivity index (χ4n) is 3.75.